The summed E-state index contributed by atoms with van der Waals surface area (Å²) in [5.74, 6) is 1.06. The van der Waals surface area contributed by atoms with E-state index in [9.17, 15) is 9.59 Å². The highest BCUT2D eigenvalue weighted by atomic mass is 16.2. The highest BCUT2D eigenvalue weighted by molar-refractivity contribution is 5.80. The van der Waals surface area contributed by atoms with Crippen LogP contribution in [0, 0.1) is 11.8 Å². The van der Waals surface area contributed by atoms with Gasteiger partial charge in [-0.15, -0.1) is 0 Å². The van der Waals surface area contributed by atoms with Crippen molar-refractivity contribution >= 4 is 11.8 Å². The minimum absolute atomic E-state index is 0.0526. The van der Waals surface area contributed by atoms with Crippen LogP contribution in [0.5, 0.6) is 0 Å². The molecule has 2 aliphatic carbocycles. The summed E-state index contributed by atoms with van der Waals surface area (Å²) in [5.41, 5.74) is 0. The third-order valence-electron chi connectivity index (χ3n) is 6.51. The maximum atomic E-state index is 12.6. The van der Waals surface area contributed by atoms with Crippen molar-refractivity contribution in [3.63, 3.8) is 0 Å². The number of carbonyl (C=O) groups excluding carboxylic acids is 2. The zero-order valence-corrected chi connectivity index (χ0v) is 16.3. The van der Waals surface area contributed by atoms with Crippen LogP contribution in [0.15, 0.2) is 0 Å². The lowest BCUT2D eigenvalue weighted by Crippen LogP contribution is -2.48. The van der Waals surface area contributed by atoms with E-state index in [0.29, 0.717) is 18.5 Å². The maximum absolute atomic E-state index is 12.6. The van der Waals surface area contributed by atoms with Gasteiger partial charge in [0, 0.05) is 19.1 Å². The Morgan fingerprint density at radius 1 is 0.846 bits per heavy atom. The second-order valence-corrected chi connectivity index (χ2v) is 8.73. The molecule has 1 heterocycles. The van der Waals surface area contributed by atoms with Gasteiger partial charge in [0.15, 0.2) is 0 Å². The van der Waals surface area contributed by atoms with Crippen molar-refractivity contribution in [2.24, 2.45) is 11.8 Å². The van der Waals surface area contributed by atoms with Gasteiger partial charge in [0.05, 0.1) is 12.5 Å². The summed E-state index contributed by atoms with van der Waals surface area (Å²) in [7, 11) is 0. The zero-order valence-electron chi connectivity index (χ0n) is 16.3. The first-order valence-electron chi connectivity index (χ1n) is 11.0. The predicted molar refractivity (Wildman–Crippen MR) is 104 cm³/mol. The fourth-order valence-corrected chi connectivity index (χ4v) is 4.89. The average molecular weight is 364 g/mol. The molecule has 0 spiro atoms. The lowest BCUT2D eigenvalue weighted by molar-refractivity contribution is -0.129. The van der Waals surface area contributed by atoms with Gasteiger partial charge in [-0.05, 0) is 51.0 Å². The minimum Gasteiger partial charge on any atom is -0.355 e. The molecule has 5 heteroatoms. The first kappa shape index (κ1) is 19.7. The predicted octanol–water partition coefficient (Wildman–Crippen LogP) is 2.84. The standard InChI is InChI=1S/C21H37N3O2/c25-20(22-14-17-8-3-1-4-9-17)16-24-13-7-10-18(15-24)21(26)23-19-11-5-2-6-12-19/h17-19H,1-16H2,(H,22,25)(H,23,26). The zero-order chi connectivity index (χ0) is 18.2. The molecule has 2 saturated carbocycles. The van der Waals surface area contributed by atoms with Gasteiger partial charge in [-0.3, -0.25) is 14.5 Å². The van der Waals surface area contributed by atoms with Gasteiger partial charge < -0.3 is 10.6 Å². The van der Waals surface area contributed by atoms with Crippen LogP contribution >= 0.6 is 0 Å². The van der Waals surface area contributed by atoms with Crippen molar-refractivity contribution in [1.29, 1.82) is 0 Å². The molecule has 1 saturated heterocycles. The number of nitrogens with zero attached hydrogens (tertiary/aromatic N) is 1. The summed E-state index contributed by atoms with van der Waals surface area (Å²) in [6.45, 7) is 2.94. The van der Waals surface area contributed by atoms with E-state index in [1.54, 1.807) is 0 Å². The Balaban J connectivity index is 1.36. The van der Waals surface area contributed by atoms with Crippen molar-refractivity contribution in [2.45, 2.75) is 83.1 Å². The van der Waals surface area contributed by atoms with Crippen molar-refractivity contribution in [1.82, 2.24) is 15.5 Å². The van der Waals surface area contributed by atoms with E-state index in [4.69, 9.17) is 0 Å². The fraction of sp³-hybridized carbons (Fsp3) is 0.905. The lowest BCUT2D eigenvalue weighted by atomic mass is 9.89. The van der Waals surface area contributed by atoms with E-state index < -0.39 is 0 Å². The van der Waals surface area contributed by atoms with E-state index in [1.807, 2.05) is 0 Å². The normalized spacial score (nSPS) is 26.4. The van der Waals surface area contributed by atoms with Gasteiger partial charge in [0.2, 0.25) is 11.8 Å². The van der Waals surface area contributed by atoms with Gasteiger partial charge in [0.25, 0.3) is 0 Å². The molecule has 0 aromatic heterocycles. The van der Waals surface area contributed by atoms with Crippen molar-refractivity contribution < 1.29 is 9.59 Å². The molecule has 1 atom stereocenters. The van der Waals surface area contributed by atoms with E-state index >= 15 is 0 Å². The number of piperidine rings is 1. The Kier molecular flexibility index (Phi) is 7.78. The summed E-state index contributed by atoms with van der Waals surface area (Å²) in [4.78, 5) is 27.1. The van der Waals surface area contributed by atoms with Crippen LogP contribution in [0.3, 0.4) is 0 Å². The maximum Gasteiger partial charge on any atom is 0.234 e. The monoisotopic (exact) mass is 363 g/mol. The highest BCUT2D eigenvalue weighted by Gasteiger charge is 2.28. The van der Waals surface area contributed by atoms with Crippen LogP contribution < -0.4 is 10.6 Å². The molecule has 0 radical (unpaired) electrons. The van der Waals surface area contributed by atoms with Crippen LogP contribution in [0.25, 0.3) is 0 Å². The quantitative estimate of drug-likeness (QED) is 0.763. The van der Waals surface area contributed by atoms with Crippen LogP contribution in [-0.4, -0.2) is 48.9 Å². The Morgan fingerprint density at radius 2 is 1.54 bits per heavy atom. The molecule has 148 valence electrons. The molecule has 26 heavy (non-hydrogen) atoms. The molecular weight excluding hydrogens is 326 g/mol. The summed E-state index contributed by atoms with van der Waals surface area (Å²) >= 11 is 0. The first-order chi connectivity index (χ1) is 12.7. The number of carbonyl (C=O) groups is 2. The molecule has 3 fully saturated rings. The molecule has 3 rings (SSSR count). The summed E-state index contributed by atoms with van der Waals surface area (Å²) in [6, 6.07) is 0.380. The average Bonchev–Trinajstić information content (AvgIpc) is 2.68. The number of rotatable bonds is 6. The molecule has 0 aromatic carbocycles. The molecule has 5 nitrogen and oxygen atoms in total. The third-order valence-corrected chi connectivity index (χ3v) is 6.51. The number of likely N-dealkylation sites (tertiary alicyclic amines) is 1. The van der Waals surface area contributed by atoms with Crippen molar-refractivity contribution in [3.8, 4) is 0 Å². The van der Waals surface area contributed by atoms with Crippen LogP contribution in [-0.2, 0) is 9.59 Å². The number of amides is 2. The Hall–Kier alpha value is -1.10. The second kappa shape index (κ2) is 10.3. The third kappa shape index (κ3) is 6.26. The van der Waals surface area contributed by atoms with Crippen molar-refractivity contribution in [2.75, 3.05) is 26.2 Å². The fourth-order valence-electron chi connectivity index (χ4n) is 4.89. The molecule has 3 aliphatic rings. The van der Waals surface area contributed by atoms with Crippen LogP contribution in [0.4, 0.5) is 0 Å². The number of hydrogen-bond acceptors (Lipinski definition) is 3. The second-order valence-electron chi connectivity index (χ2n) is 8.73. The van der Waals surface area contributed by atoms with Gasteiger partial charge >= 0.3 is 0 Å². The van der Waals surface area contributed by atoms with Gasteiger partial charge in [-0.2, -0.15) is 0 Å². The Labute approximate surface area is 158 Å². The number of hydrogen-bond donors (Lipinski definition) is 2. The summed E-state index contributed by atoms with van der Waals surface area (Å²) < 4.78 is 0. The molecule has 0 bridgehead atoms. The smallest absolute Gasteiger partial charge is 0.234 e. The molecule has 1 unspecified atom stereocenters. The van der Waals surface area contributed by atoms with Crippen LogP contribution in [0.1, 0.15) is 77.0 Å². The van der Waals surface area contributed by atoms with Crippen molar-refractivity contribution in [3.05, 3.63) is 0 Å². The molecular formula is C21H37N3O2. The highest BCUT2D eigenvalue weighted by Crippen LogP contribution is 2.23. The van der Waals surface area contributed by atoms with Gasteiger partial charge in [-0.1, -0.05) is 38.5 Å². The SMILES string of the molecule is O=C(CN1CCCC(C(=O)NC2CCCCC2)C1)NCC1CCCCC1. The first-order valence-corrected chi connectivity index (χ1v) is 11.0. The van der Waals surface area contributed by atoms with E-state index in [2.05, 4.69) is 15.5 Å². The molecule has 1 aliphatic heterocycles. The lowest BCUT2D eigenvalue weighted by Gasteiger charge is -2.33. The summed E-state index contributed by atoms with van der Waals surface area (Å²) in [5, 5.41) is 6.39. The molecule has 2 amide bonds. The minimum atomic E-state index is 0.0526. The number of nitrogens with one attached hydrogen (secondary N) is 2. The molecule has 2 N–H and O–H groups in total. The topological polar surface area (TPSA) is 61.4 Å². The largest absolute Gasteiger partial charge is 0.355 e. The Morgan fingerprint density at radius 3 is 2.27 bits per heavy atom. The summed E-state index contributed by atoms with van der Waals surface area (Å²) in [6.07, 6.45) is 14.5. The Bertz CT molecular complexity index is 456. The molecule has 0 aromatic rings. The van der Waals surface area contributed by atoms with E-state index in [1.165, 1.54) is 51.4 Å². The van der Waals surface area contributed by atoms with Gasteiger partial charge in [0.1, 0.15) is 0 Å². The van der Waals surface area contributed by atoms with E-state index in [0.717, 1.165) is 45.3 Å². The van der Waals surface area contributed by atoms with E-state index in [-0.39, 0.29) is 17.7 Å². The van der Waals surface area contributed by atoms with Gasteiger partial charge in [-0.25, -0.2) is 0 Å². The van der Waals surface area contributed by atoms with Crippen LogP contribution in [0.2, 0.25) is 0 Å².